The van der Waals surface area contributed by atoms with Gasteiger partial charge in [-0.1, -0.05) is 18.2 Å². The Kier molecular flexibility index (Phi) is 3.94. The third-order valence-electron chi connectivity index (χ3n) is 4.56. The molecule has 0 amide bonds. The van der Waals surface area contributed by atoms with Crippen molar-refractivity contribution in [3.05, 3.63) is 59.4 Å². The number of nitriles is 1. The monoisotopic (exact) mass is 341 g/mol. The molecule has 0 unspecified atom stereocenters. The van der Waals surface area contributed by atoms with E-state index in [-0.39, 0.29) is 4.90 Å². The third-order valence-corrected chi connectivity index (χ3v) is 5.49. The average molecular weight is 341 g/mol. The lowest BCUT2D eigenvalue weighted by atomic mass is 9.90. The summed E-state index contributed by atoms with van der Waals surface area (Å²) in [5.41, 5.74) is 2.43. The molecular formula is C18H19N3O2S. The molecule has 1 saturated carbocycles. The van der Waals surface area contributed by atoms with E-state index < -0.39 is 15.4 Å². The fraction of sp³-hybridized carbons (Fsp3) is 0.333. The standard InChI is InChI=1S/C18H19N3O2S/c1-18(2,11-19)17-8-5-13(10-21-17)16-9-15(16)12-3-6-14(7-4-12)24(20,22)23/h3-8,10,15-16H,9H2,1-2H3,(H2,20,22,23)/t15-,16-/m0/s1. The number of benzene rings is 1. The highest BCUT2D eigenvalue weighted by atomic mass is 32.2. The molecule has 2 N–H and O–H groups in total. The molecule has 6 heteroatoms. The number of nitrogens with zero attached hydrogens (tertiary/aromatic N) is 2. The van der Waals surface area contributed by atoms with Crippen LogP contribution in [-0.4, -0.2) is 13.4 Å². The zero-order valence-electron chi connectivity index (χ0n) is 13.6. The molecule has 1 fully saturated rings. The van der Waals surface area contributed by atoms with Gasteiger partial charge in [-0.25, -0.2) is 13.6 Å². The molecule has 0 spiro atoms. The van der Waals surface area contributed by atoms with Gasteiger partial charge >= 0.3 is 0 Å². The number of primary sulfonamides is 1. The number of nitrogens with two attached hydrogens (primary N) is 1. The molecule has 24 heavy (non-hydrogen) atoms. The minimum Gasteiger partial charge on any atom is -0.259 e. The van der Waals surface area contributed by atoms with Crippen LogP contribution in [0.25, 0.3) is 0 Å². The highest BCUT2D eigenvalue weighted by molar-refractivity contribution is 7.89. The van der Waals surface area contributed by atoms with E-state index in [1.165, 1.54) is 0 Å². The van der Waals surface area contributed by atoms with Gasteiger partial charge in [0.1, 0.15) is 0 Å². The molecule has 2 atom stereocenters. The Morgan fingerprint density at radius 2 is 1.71 bits per heavy atom. The molecule has 3 rings (SSSR count). The lowest BCUT2D eigenvalue weighted by Crippen LogP contribution is -2.15. The largest absolute Gasteiger partial charge is 0.259 e. The predicted octanol–water partition coefficient (Wildman–Crippen LogP) is 2.80. The first-order valence-electron chi connectivity index (χ1n) is 7.73. The van der Waals surface area contributed by atoms with E-state index in [1.54, 1.807) is 12.1 Å². The molecule has 5 nitrogen and oxygen atoms in total. The maximum absolute atomic E-state index is 11.3. The Morgan fingerprint density at radius 1 is 1.12 bits per heavy atom. The summed E-state index contributed by atoms with van der Waals surface area (Å²) in [5.74, 6) is 0.758. The van der Waals surface area contributed by atoms with Gasteiger partial charge in [-0.15, -0.1) is 0 Å². The number of aromatic nitrogens is 1. The van der Waals surface area contributed by atoms with Gasteiger partial charge in [0.05, 0.1) is 22.1 Å². The van der Waals surface area contributed by atoms with Crippen LogP contribution in [0.2, 0.25) is 0 Å². The van der Waals surface area contributed by atoms with Gasteiger partial charge in [-0.2, -0.15) is 5.26 Å². The van der Waals surface area contributed by atoms with E-state index in [2.05, 4.69) is 11.1 Å². The first-order chi connectivity index (χ1) is 11.2. The van der Waals surface area contributed by atoms with Crippen molar-refractivity contribution in [1.29, 1.82) is 5.26 Å². The Labute approximate surface area is 142 Å². The molecule has 1 aromatic heterocycles. The fourth-order valence-electron chi connectivity index (χ4n) is 2.89. The lowest BCUT2D eigenvalue weighted by Gasteiger charge is -2.14. The maximum Gasteiger partial charge on any atom is 0.238 e. The van der Waals surface area contributed by atoms with Gasteiger partial charge in [-0.3, -0.25) is 4.98 Å². The van der Waals surface area contributed by atoms with Crippen molar-refractivity contribution in [2.24, 2.45) is 5.14 Å². The van der Waals surface area contributed by atoms with Crippen LogP contribution in [-0.2, 0) is 15.4 Å². The number of pyridine rings is 1. The maximum atomic E-state index is 11.3. The van der Waals surface area contributed by atoms with Crippen LogP contribution in [0, 0.1) is 11.3 Å². The first kappa shape index (κ1) is 16.6. The molecular weight excluding hydrogens is 322 g/mol. The van der Waals surface area contributed by atoms with Gasteiger partial charge in [0.15, 0.2) is 0 Å². The summed E-state index contributed by atoms with van der Waals surface area (Å²) in [6, 6.07) is 13.0. The van der Waals surface area contributed by atoms with Crippen LogP contribution in [0.1, 0.15) is 48.9 Å². The number of hydrogen-bond donors (Lipinski definition) is 1. The lowest BCUT2D eigenvalue weighted by molar-refractivity contribution is 0.598. The molecule has 0 aliphatic heterocycles. The topological polar surface area (TPSA) is 96.8 Å². The molecule has 124 valence electrons. The van der Waals surface area contributed by atoms with E-state index in [0.717, 1.165) is 23.2 Å². The Balaban J connectivity index is 1.75. The minimum absolute atomic E-state index is 0.133. The van der Waals surface area contributed by atoms with Crippen LogP contribution in [0.4, 0.5) is 0 Å². The molecule has 1 heterocycles. The fourth-order valence-corrected chi connectivity index (χ4v) is 3.40. The van der Waals surface area contributed by atoms with Gasteiger partial charge < -0.3 is 0 Å². The molecule has 0 saturated heterocycles. The second kappa shape index (κ2) is 5.69. The van der Waals surface area contributed by atoms with Crippen LogP contribution in [0.5, 0.6) is 0 Å². The van der Waals surface area contributed by atoms with Gasteiger partial charge in [-0.05, 0) is 61.4 Å². The SMILES string of the molecule is CC(C)(C#N)c1ccc([C@@H]2C[C@H]2c2ccc(S(N)(=O)=O)cc2)cn1. The van der Waals surface area contributed by atoms with Crippen LogP contribution >= 0.6 is 0 Å². The van der Waals surface area contributed by atoms with E-state index in [1.807, 2.05) is 44.3 Å². The zero-order valence-corrected chi connectivity index (χ0v) is 14.4. The van der Waals surface area contributed by atoms with Gasteiger partial charge in [0.25, 0.3) is 0 Å². The van der Waals surface area contributed by atoms with Crippen molar-refractivity contribution in [2.75, 3.05) is 0 Å². The Bertz CT molecular complexity index is 895. The van der Waals surface area contributed by atoms with Gasteiger partial charge in [0, 0.05) is 6.20 Å². The van der Waals surface area contributed by atoms with Crippen molar-refractivity contribution >= 4 is 10.0 Å². The van der Waals surface area contributed by atoms with Crippen LogP contribution in [0.15, 0.2) is 47.5 Å². The summed E-state index contributed by atoms with van der Waals surface area (Å²) in [4.78, 5) is 4.57. The summed E-state index contributed by atoms with van der Waals surface area (Å²) < 4.78 is 22.6. The van der Waals surface area contributed by atoms with Gasteiger partial charge in [0.2, 0.25) is 10.0 Å². The Hall–Kier alpha value is -2.23. The summed E-state index contributed by atoms with van der Waals surface area (Å²) in [6.45, 7) is 3.70. The Morgan fingerprint density at radius 3 is 2.21 bits per heavy atom. The first-order valence-corrected chi connectivity index (χ1v) is 9.27. The van der Waals surface area contributed by atoms with Crippen molar-refractivity contribution in [3.63, 3.8) is 0 Å². The normalized spacial score (nSPS) is 20.4. The zero-order chi connectivity index (χ0) is 17.5. The number of hydrogen-bond acceptors (Lipinski definition) is 4. The highest BCUT2D eigenvalue weighted by Gasteiger charge is 2.39. The summed E-state index contributed by atoms with van der Waals surface area (Å²) in [7, 11) is -3.65. The number of sulfonamides is 1. The minimum atomic E-state index is -3.65. The second-order valence-electron chi connectivity index (χ2n) is 6.78. The van der Waals surface area contributed by atoms with E-state index in [4.69, 9.17) is 10.4 Å². The molecule has 0 bridgehead atoms. The van der Waals surface area contributed by atoms with Crippen molar-refractivity contribution in [2.45, 2.75) is 42.4 Å². The van der Waals surface area contributed by atoms with E-state index in [0.29, 0.717) is 11.8 Å². The summed E-state index contributed by atoms with van der Waals surface area (Å²) >= 11 is 0. The highest BCUT2D eigenvalue weighted by Crippen LogP contribution is 2.54. The average Bonchev–Trinajstić information content (AvgIpc) is 3.35. The third kappa shape index (κ3) is 3.18. The molecule has 2 aromatic rings. The quantitative estimate of drug-likeness (QED) is 0.924. The summed E-state index contributed by atoms with van der Waals surface area (Å²) in [6.07, 6.45) is 2.86. The second-order valence-corrected chi connectivity index (χ2v) is 8.34. The van der Waals surface area contributed by atoms with E-state index in [9.17, 15) is 8.42 Å². The summed E-state index contributed by atoms with van der Waals surface area (Å²) in [5, 5.41) is 14.3. The number of rotatable bonds is 4. The smallest absolute Gasteiger partial charge is 0.238 e. The van der Waals surface area contributed by atoms with E-state index >= 15 is 0 Å². The van der Waals surface area contributed by atoms with Crippen molar-refractivity contribution < 1.29 is 8.42 Å². The molecule has 1 aliphatic rings. The molecule has 1 aromatic carbocycles. The van der Waals surface area contributed by atoms with Crippen molar-refractivity contribution in [3.8, 4) is 6.07 Å². The van der Waals surface area contributed by atoms with Crippen molar-refractivity contribution in [1.82, 2.24) is 4.98 Å². The predicted molar refractivity (Wildman–Crippen MR) is 90.8 cm³/mol. The van der Waals surface area contributed by atoms with Crippen LogP contribution < -0.4 is 5.14 Å². The molecule has 0 radical (unpaired) electrons. The van der Waals surface area contributed by atoms with Crippen LogP contribution in [0.3, 0.4) is 0 Å². The molecule has 1 aliphatic carbocycles.